The summed E-state index contributed by atoms with van der Waals surface area (Å²) in [4.78, 5) is 32.4. The van der Waals surface area contributed by atoms with Crippen molar-refractivity contribution in [3.8, 4) is 22.9 Å². The van der Waals surface area contributed by atoms with Gasteiger partial charge in [-0.1, -0.05) is 35.9 Å². The fourth-order valence-corrected chi connectivity index (χ4v) is 6.67. The molecule has 2 amide bonds. The number of carbonyl (C=O) groups is 2. The predicted molar refractivity (Wildman–Crippen MR) is 172 cm³/mol. The Bertz CT molecular complexity index is 1960. The van der Waals surface area contributed by atoms with Crippen LogP contribution in [0.5, 0.6) is 11.6 Å². The number of benzene rings is 3. The Morgan fingerprint density at radius 2 is 1.71 bits per heavy atom. The van der Waals surface area contributed by atoms with Crippen LogP contribution in [-0.2, 0) is 20.6 Å². The van der Waals surface area contributed by atoms with E-state index in [9.17, 15) is 14.7 Å². The second kappa shape index (κ2) is 11.2. The second-order valence-corrected chi connectivity index (χ2v) is 12.0. The lowest BCUT2D eigenvalue weighted by atomic mass is 9.87. The lowest BCUT2D eigenvalue weighted by molar-refractivity contribution is 0.0711. The highest BCUT2D eigenvalue weighted by Crippen LogP contribution is 2.40. The van der Waals surface area contributed by atoms with Gasteiger partial charge in [0.15, 0.2) is 0 Å². The van der Waals surface area contributed by atoms with Crippen LogP contribution in [0.4, 0.5) is 11.4 Å². The highest BCUT2D eigenvalue weighted by molar-refractivity contribution is 6.31. The van der Waals surface area contributed by atoms with Crippen molar-refractivity contribution >= 4 is 34.8 Å². The molecule has 4 bridgehead atoms. The van der Waals surface area contributed by atoms with Crippen molar-refractivity contribution < 1.29 is 19.4 Å². The molecule has 2 aromatic heterocycles. The molecule has 0 aliphatic carbocycles. The maximum atomic E-state index is 14.6. The number of nitrogens with zero attached hydrogens (tertiary/aromatic N) is 5. The number of hydrogen-bond acceptors (Lipinski definition) is 5. The summed E-state index contributed by atoms with van der Waals surface area (Å²) in [7, 11) is 3.65. The molecule has 2 aliphatic heterocycles. The lowest BCUT2D eigenvalue weighted by Gasteiger charge is -2.35. The molecule has 45 heavy (non-hydrogen) atoms. The zero-order chi connectivity index (χ0) is 31.4. The molecule has 0 fully saturated rings. The zero-order valence-electron chi connectivity index (χ0n) is 25.2. The number of phenolic OH excluding ortho intramolecular Hbond substituents is 1. The largest absolute Gasteiger partial charge is 0.508 e. The first-order chi connectivity index (χ1) is 21.7. The van der Waals surface area contributed by atoms with Crippen LogP contribution in [0.3, 0.4) is 0 Å². The molecule has 228 valence electrons. The molecule has 1 atom stereocenters. The number of amides is 2. The standard InChI is InChI=1S/C35H32ClN5O4/c1-21-29-17-31(38(21)2)30-16-24(36)8-13-28(30)33(43)40-19-22-6-4-5-7-27(22)23(20-40)14-15-45-35-32(18-37-39(35)3)41(34(29)44)25-9-11-26(42)12-10-25/h4-13,16-18,23,42H,14-15,19-20H2,1-3H3. The molecular weight excluding hydrogens is 590 g/mol. The fraction of sp³-hybridized carbons (Fsp3) is 0.229. The van der Waals surface area contributed by atoms with Gasteiger partial charge < -0.3 is 19.3 Å². The number of phenols is 1. The molecular formula is C35H32ClN5O4. The summed E-state index contributed by atoms with van der Waals surface area (Å²) in [5.74, 6) is 0.154. The topological polar surface area (TPSA) is 92.8 Å². The normalized spacial score (nSPS) is 16.6. The first-order valence-electron chi connectivity index (χ1n) is 14.8. The quantitative estimate of drug-likeness (QED) is 0.228. The number of aryl methyl sites for hydroxylation is 1. The van der Waals surface area contributed by atoms with E-state index in [0.717, 1.165) is 5.56 Å². The molecule has 4 heterocycles. The van der Waals surface area contributed by atoms with Crippen molar-refractivity contribution in [1.29, 1.82) is 0 Å². The number of fused-ring (bicyclic) bond motifs is 9. The average molecular weight is 622 g/mol. The Hall–Kier alpha value is -5.02. The third kappa shape index (κ3) is 4.93. The summed E-state index contributed by atoms with van der Waals surface area (Å²) >= 11 is 6.53. The molecule has 0 spiro atoms. The van der Waals surface area contributed by atoms with Crippen molar-refractivity contribution in [2.75, 3.05) is 18.1 Å². The monoisotopic (exact) mass is 621 g/mol. The van der Waals surface area contributed by atoms with Crippen molar-refractivity contribution in [3.63, 3.8) is 0 Å². The smallest absolute Gasteiger partial charge is 0.264 e. The van der Waals surface area contributed by atoms with Crippen LogP contribution >= 0.6 is 11.6 Å². The van der Waals surface area contributed by atoms with Crippen LogP contribution in [0.15, 0.2) is 79.0 Å². The van der Waals surface area contributed by atoms with E-state index in [2.05, 4.69) is 17.2 Å². The van der Waals surface area contributed by atoms with Gasteiger partial charge in [0.25, 0.3) is 11.8 Å². The van der Waals surface area contributed by atoms with Crippen LogP contribution in [0.1, 0.15) is 49.9 Å². The van der Waals surface area contributed by atoms with E-state index >= 15 is 0 Å². The Labute approximate surface area is 265 Å². The number of anilines is 2. The summed E-state index contributed by atoms with van der Waals surface area (Å²) in [5.41, 5.74) is 6.35. The number of rotatable bonds is 1. The van der Waals surface area contributed by atoms with E-state index in [1.165, 1.54) is 17.7 Å². The van der Waals surface area contributed by atoms with E-state index in [-0.39, 0.29) is 23.5 Å². The van der Waals surface area contributed by atoms with Crippen molar-refractivity contribution in [3.05, 3.63) is 112 Å². The Morgan fingerprint density at radius 1 is 0.933 bits per heavy atom. The lowest BCUT2D eigenvalue weighted by Crippen LogP contribution is -2.39. The van der Waals surface area contributed by atoms with Crippen LogP contribution in [-0.4, -0.2) is 49.3 Å². The van der Waals surface area contributed by atoms with Gasteiger partial charge in [-0.3, -0.25) is 14.5 Å². The second-order valence-electron chi connectivity index (χ2n) is 11.6. The SMILES string of the molecule is Cc1c2cc(n1C)-c1cc(Cl)ccc1C(=O)N1Cc3ccccc3C(CCOc3c(cnn3C)N(c3ccc(O)cc3)C2=O)C1. The first-order valence-corrected chi connectivity index (χ1v) is 15.2. The van der Waals surface area contributed by atoms with E-state index < -0.39 is 0 Å². The molecule has 3 aromatic carbocycles. The summed E-state index contributed by atoms with van der Waals surface area (Å²) in [5, 5.41) is 15.0. The molecule has 9 nitrogen and oxygen atoms in total. The molecule has 1 N–H and O–H groups in total. The number of aromatic nitrogens is 3. The number of halogens is 1. The minimum absolute atomic E-state index is 0.0398. The third-order valence-electron chi connectivity index (χ3n) is 8.96. The van der Waals surface area contributed by atoms with Gasteiger partial charge in [0.1, 0.15) is 11.4 Å². The van der Waals surface area contributed by atoms with Gasteiger partial charge in [-0.2, -0.15) is 5.10 Å². The van der Waals surface area contributed by atoms with Crippen LogP contribution in [0.25, 0.3) is 11.3 Å². The fourth-order valence-electron chi connectivity index (χ4n) is 6.49. The summed E-state index contributed by atoms with van der Waals surface area (Å²) in [6.07, 6.45) is 2.26. The number of ether oxygens (including phenoxy) is 1. The number of hydrogen-bond donors (Lipinski definition) is 1. The molecule has 2 aliphatic rings. The summed E-state index contributed by atoms with van der Waals surface area (Å²) in [6.45, 7) is 3.25. The van der Waals surface area contributed by atoms with Crippen LogP contribution in [0, 0.1) is 6.92 Å². The van der Waals surface area contributed by atoms with Crippen molar-refractivity contribution in [1.82, 2.24) is 19.2 Å². The summed E-state index contributed by atoms with van der Waals surface area (Å²) in [6, 6.07) is 21.8. The third-order valence-corrected chi connectivity index (χ3v) is 9.20. The van der Waals surface area contributed by atoms with Crippen molar-refractivity contribution in [2.45, 2.75) is 25.8 Å². The van der Waals surface area contributed by atoms with E-state index in [1.54, 1.807) is 53.2 Å². The van der Waals surface area contributed by atoms with Gasteiger partial charge in [0, 0.05) is 66.3 Å². The number of carbonyl (C=O) groups excluding carboxylic acids is 2. The first kappa shape index (κ1) is 28.7. The van der Waals surface area contributed by atoms with Gasteiger partial charge in [0.2, 0.25) is 5.88 Å². The maximum absolute atomic E-state index is 14.6. The minimum Gasteiger partial charge on any atom is -0.508 e. The molecule has 0 saturated carbocycles. The Kier molecular flexibility index (Phi) is 7.13. The van der Waals surface area contributed by atoms with Gasteiger partial charge in [-0.05, 0) is 73.0 Å². The molecule has 0 radical (unpaired) electrons. The Balaban J connectivity index is 1.45. The molecule has 0 saturated heterocycles. The highest BCUT2D eigenvalue weighted by Gasteiger charge is 2.33. The molecule has 1 unspecified atom stereocenters. The molecule has 5 aromatic rings. The highest BCUT2D eigenvalue weighted by atomic mass is 35.5. The van der Waals surface area contributed by atoms with Gasteiger partial charge in [0.05, 0.1) is 18.4 Å². The van der Waals surface area contributed by atoms with Gasteiger partial charge >= 0.3 is 0 Å². The average Bonchev–Trinajstić information content (AvgIpc) is 3.55. The number of aromatic hydroxyl groups is 1. The Morgan fingerprint density at radius 3 is 2.51 bits per heavy atom. The van der Waals surface area contributed by atoms with E-state index in [4.69, 9.17) is 16.3 Å². The van der Waals surface area contributed by atoms with Gasteiger partial charge in [-0.15, -0.1) is 0 Å². The van der Waals surface area contributed by atoms with Gasteiger partial charge in [-0.25, -0.2) is 4.68 Å². The molecule has 10 heteroatoms. The summed E-state index contributed by atoms with van der Waals surface area (Å²) < 4.78 is 9.94. The maximum Gasteiger partial charge on any atom is 0.264 e. The van der Waals surface area contributed by atoms with Crippen LogP contribution < -0.4 is 9.64 Å². The zero-order valence-corrected chi connectivity index (χ0v) is 26.0. The molecule has 7 rings (SSSR count). The van der Waals surface area contributed by atoms with E-state index in [1.807, 2.05) is 41.6 Å². The van der Waals surface area contributed by atoms with Crippen molar-refractivity contribution in [2.24, 2.45) is 14.1 Å². The predicted octanol–water partition coefficient (Wildman–Crippen LogP) is 6.59. The van der Waals surface area contributed by atoms with E-state index in [0.29, 0.717) is 76.5 Å². The minimum atomic E-state index is -0.311. The van der Waals surface area contributed by atoms with Crippen LogP contribution in [0.2, 0.25) is 5.02 Å².